The van der Waals surface area contributed by atoms with Gasteiger partial charge >= 0.3 is 5.97 Å². The van der Waals surface area contributed by atoms with Gasteiger partial charge in [-0.15, -0.1) is 0 Å². The van der Waals surface area contributed by atoms with E-state index in [4.69, 9.17) is 14.2 Å². The maximum atomic E-state index is 12.4. The molecule has 0 aromatic heterocycles. The third kappa shape index (κ3) is 5.33. The highest BCUT2D eigenvalue weighted by molar-refractivity contribution is 5.93. The van der Waals surface area contributed by atoms with E-state index in [1.54, 1.807) is 0 Å². The van der Waals surface area contributed by atoms with Crippen LogP contribution in [-0.2, 0) is 9.47 Å². The lowest BCUT2D eigenvalue weighted by molar-refractivity contribution is -0.277. The molecule has 1 unspecified atom stereocenters. The molecule has 1 saturated heterocycles. The standard InChI is InChI=1S/C19H28O9/c1-3-4-10(2)9-26-18(25)12-7-11(21)5-6-13(12)27-19-17(24)16(23)15(22)14(8-20)28-19/h5-7,10,14-17,19-24H,3-4,8-9H2,1-2H3/t10?,14-,15-,16+,17-,19-/m1/s1. The summed E-state index contributed by atoms with van der Waals surface area (Å²) in [5, 5.41) is 48.8. The number of esters is 1. The molecule has 158 valence electrons. The molecule has 1 heterocycles. The van der Waals surface area contributed by atoms with E-state index < -0.39 is 43.3 Å². The van der Waals surface area contributed by atoms with Gasteiger partial charge in [-0.2, -0.15) is 0 Å². The van der Waals surface area contributed by atoms with Gasteiger partial charge in [-0.3, -0.25) is 0 Å². The number of hydrogen-bond donors (Lipinski definition) is 5. The number of carbonyl (C=O) groups is 1. The Bertz CT molecular complexity index is 648. The van der Waals surface area contributed by atoms with Crippen LogP contribution in [0, 0.1) is 5.92 Å². The van der Waals surface area contributed by atoms with Crippen LogP contribution in [-0.4, -0.2) is 75.4 Å². The van der Waals surface area contributed by atoms with Crippen molar-refractivity contribution in [3.05, 3.63) is 23.8 Å². The lowest BCUT2D eigenvalue weighted by Gasteiger charge is -2.39. The molecule has 9 nitrogen and oxygen atoms in total. The van der Waals surface area contributed by atoms with Crippen molar-refractivity contribution in [3.8, 4) is 11.5 Å². The second-order valence-corrected chi connectivity index (χ2v) is 6.99. The molecule has 0 saturated carbocycles. The molecule has 1 aromatic rings. The van der Waals surface area contributed by atoms with E-state index in [0.29, 0.717) is 0 Å². The number of phenols is 1. The zero-order chi connectivity index (χ0) is 20.8. The molecular weight excluding hydrogens is 372 g/mol. The van der Waals surface area contributed by atoms with Crippen LogP contribution in [0.25, 0.3) is 0 Å². The highest BCUT2D eigenvalue weighted by atomic mass is 16.7. The lowest BCUT2D eigenvalue weighted by Crippen LogP contribution is -2.60. The van der Waals surface area contributed by atoms with Crippen molar-refractivity contribution in [2.24, 2.45) is 5.92 Å². The summed E-state index contributed by atoms with van der Waals surface area (Å²) < 4.78 is 16.1. The van der Waals surface area contributed by atoms with Gasteiger partial charge in [0.25, 0.3) is 0 Å². The molecule has 0 amide bonds. The van der Waals surface area contributed by atoms with Crippen LogP contribution in [0.4, 0.5) is 0 Å². The fourth-order valence-electron chi connectivity index (χ4n) is 2.94. The van der Waals surface area contributed by atoms with Gasteiger partial charge in [-0.05, 0) is 30.5 Å². The molecule has 5 N–H and O–H groups in total. The second kappa shape index (κ2) is 10.0. The van der Waals surface area contributed by atoms with Gasteiger partial charge in [0.05, 0.1) is 13.2 Å². The van der Waals surface area contributed by atoms with Gasteiger partial charge < -0.3 is 39.7 Å². The Balaban J connectivity index is 2.16. The summed E-state index contributed by atoms with van der Waals surface area (Å²) in [7, 11) is 0. The lowest BCUT2D eigenvalue weighted by atomic mass is 9.99. The first-order chi connectivity index (χ1) is 13.3. The van der Waals surface area contributed by atoms with Crippen molar-refractivity contribution >= 4 is 5.97 Å². The van der Waals surface area contributed by atoms with Crippen molar-refractivity contribution in [2.45, 2.75) is 57.4 Å². The summed E-state index contributed by atoms with van der Waals surface area (Å²) in [4.78, 5) is 12.4. The molecule has 0 aliphatic carbocycles. The molecular formula is C19H28O9. The first-order valence-corrected chi connectivity index (χ1v) is 9.25. The number of rotatable bonds is 8. The van der Waals surface area contributed by atoms with E-state index in [9.17, 15) is 30.3 Å². The fraction of sp³-hybridized carbons (Fsp3) is 0.632. The van der Waals surface area contributed by atoms with Gasteiger partial charge in [0.2, 0.25) is 6.29 Å². The first kappa shape index (κ1) is 22.4. The van der Waals surface area contributed by atoms with Gasteiger partial charge in [0.15, 0.2) is 0 Å². The van der Waals surface area contributed by atoms with Crippen molar-refractivity contribution in [2.75, 3.05) is 13.2 Å². The molecule has 1 aromatic carbocycles. The highest BCUT2D eigenvalue weighted by Crippen LogP contribution is 2.29. The Kier molecular flexibility index (Phi) is 8.02. The molecule has 9 heteroatoms. The largest absolute Gasteiger partial charge is 0.508 e. The van der Waals surface area contributed by atoms with Crippen LogP contribution in [0.1, 0.15) is 37.0 Å². The zero-order valence-corrected chi connectivity index (χ0v) is 15.9. The molecule has 28 heavy (non-hydrogen) atoms. The maximum absolute atomic E-state index is 12.4. The van der Waals surface area contributed by atoms with E-state index in [0.717, 1.165) is 18.9 Å². The Morgan fingerprint density at radius 2 is 1.93 bits per heavy atom. The number of carbonyl (C=O) groups excluding carboxylic acids is 1. The number of aromatic hydroxyl groups is 1. The Morgan fingerprint density at radius 3 is 2.57 bits per heavy atom. The molecule has 1 aliphatic heterocycles. The van der Waals surface area contributed by atoms with Crippen molar-refractivity contribution in [3.63, 3.8) is 0 Å². The van der Waals surface area contributed by atoms with Gasteiger partial charge in [0, 0.05) is 0 Å². The number of hydrogen-bond acceptors (Lipinski definition) is 9. The van der Waals surface area contributed by atoms with Crippen LogP contribution in [0.3, 0.4) is 0 Å². The molecule has 1 fully saturated rings. The predicted octanol–water partition coefficient (Wildman–Crippen LogP) is 0.164. The average Bonchev–Trinajstić information content (AvgIpc) is 2.67. The van der Waals surface area contributed by atoms with E-state index in [2.05, 4.69) is 0 Å². The smallest absolute Gasteiger partial charge is 0.342 e. The predicted molar refractivity (Wildman–Crippen MR) is 96.9 cm³/mol. The molecule has 0 radical (unpaired) electrons. The average molecular weight is 400 g/mol. The summed E-state index contributed by atoms with van der Waals surface area (Å²) >= 11 is 0. The minimum Gasteiger partial charge on any atom is -0.508 e. The summed E-state index contributed by atoms with van der Waals surface area (Å²) in [6.07, 6.45) is -5.52. The number of aliphatic hydroxyl groups excluding tert-OH is 4. The topological polar surface area (TPSA) is 146 Å². The summed E-state index contributed by atoms with van der Waals surface area (Å²) in [6.45, 7) is 3.57. The van der Waals surface area contributed by atoms with E-state index >= 15 is 0 Å². The molecule has 6 atom stereocenters. The normalized spacial score (nSPS) is 28.6. The Labute approximate surface area is 163 Å². The SMILES string of the molecule is CCCC(C)COC(=O)c1cc(O)ccc1O[C@@H]1O[C@H](CO)[C@@H](O)[C@H](O)[C@H]1O. The third-order valence-corrected chi connectivity index (χ3v) is 4.56. The van der Waals surface area contributed by atoms with Gasteiger partial charge in [-0.25, -0.2) is 4.79 Å². The zero-order valence-electron chi connectivity index (χ0n) is 15.9. The minimum absolute atomic E-state index is 0.0460. The highest BCUT2D eigenvalue weighted by Gasteiger charge is 2.45. The van der Waals surface area contributed by atoms with E-state index in [1.807, 2.05) is 13.8 Å². The monoisotopic (exact) mass is 400 g/mol. The quantitative estimate of drug-likeness (QED) is 0.385. The van der Waals surface area contributed by atoms with Crippen LogP contribution < -0.4 is 4.74 Å². The third-order valence-electron chi connectivity index (χ3n) is 4.56. The van der Waals surface area contributed by atoms with Gasteiger partial charge in [-0.1, -0.05) is 20.3 Å². The van der Waals surface area contributed by atoms with Crippen molar-refractivity contribution in [1.29, 1.82) is 0 Å². The molecule has 0 bridgehead atoms. The van der Waals surface area contributed by atoms with E-state index in [-0.39, 0.29) is 29.6 Å². The number of benzene rings is 1. The maximum Gasteiger partial charge on any atom is 0.342 e. The van der Waals surface area contributed by atoms with E-state index in [1.165, 1.54) is 12.1 Å². The number of ether oxygens (including phenoxy) is 3. The van der Waals surface area contributed by atoms with Crippen LogP contribution in [0.15, 0.2) is 18.2 Å². The van der Waals surface area contributed by atoms with Crippen molar-refractivity contribution in [1.82, 2.24) is 0 Å². The van der Waals surface area contributed by atoms with Gasteiger partial charge in [0.1, 0.15) is 41.5 Å². The van der Waals surface area contributed by atoms with Crippen LogP contribution >= 0.6 is 0 Å². The first-order valence-electron chi connectivity index (χ1n) is 9.25. The molecule has 1 aliphatic rings. The minimum atomic E-state index is -1.62. The molecule has 2 rings (SSSR count). The Hall–Kier alpha value is -1.91. The number of phenolic OH excluding ortho intramolecular Hbond substituents is 1. The van der Waals surface area contributed by atoms with Crippen LogP contribution in [0.2, 0.25) is 0 Å². The molecule has 0 spiro atoms. The Morgan fingerprint density at radius 1 is 1.21 bits per heavy atom. The number of aliphatic hydroxyl groups is 4. The fourth-order valence-corrected chi connectivity index (χ4v) is 2.94. The summed E-state index contributed by atoms with van der Waals surface area (Å²) in [5.74, 6) is -0.787. The second-order valence-electron chi connectivity index (χ2n) is 6.99. The summed E-state index contributed by atoms with van der Waals surface area (Å²) in [5.41, 5.74) is -0.0827. The van der Waals surface area contributed by atoms with Crippen molar-refractivity contribution < 1.29 is 44.5 Å². The summed E-state index contributed by atoms with van der Waals surface area (Å²) in [6, 6.07) is 3.73. The van der Waals surface area contributed by atoms with Crippen LogP contribution in [0.5, 0.6) is 11.5 Å².